The molecule has 2 heterocycles. The Kier molecular flexibility index (Phi) is 4.99. The lowest BCUT2D eigenvalue weighted by atomic mass is 10.0. The van der Waals surface area contributed by atoms with Gasteiger partial charge in [0.05, 0.1) is 13.2 Å². The normalized spacial score (nSPS) is 21.5. The highest BCUT2D eigenvalue weighted by atomic mass is 16.5. The van der Waals surface area contributed by atoms with Gasteiger partial charge in [0.1, 0.15) is 0 Å². The highest BCUT2D eigenvalue weighted by Crippen LogP contribution is 2.21. The maximum Gasteiger partial charge on any atom is 0.0642 e. The Morgan fingerprint density at radius 1 is 1.05 bits per heavy atom. The standard InChI is InChI=1S/C17H27N3O/c1-2-19-9-7-16(8-10-19)18-15-3-5-17(6-4-15)20-11-13-21-14-12-20/h3-6,16,18H,2,7-14H2,1H3. The number of piperidine rings is 1. The van der Waals surface area contributed by atoms with Crippen LogP contribution >= 0.6 is 0 Å². The molecule has 0 unspecified atom stereocenters. The number of nitrogens with zero attached hydrogens (tertiary/aromatic N) is 2. The van der Waals surface area contributed by atoms with Crippen molar-refractivity contribution < 1.29 is 4.74 Å². The number of hydrogen-bond donors (Lipinski definition) is 1. The van der Waals surface area contributed by atoms with E-state index in [1.165, 1.54) is 43.9 Å². The minimum Gasteiger partial charge on any atom is -0.382 e. The van der Waals surface area contributed by atoms with Crippen molar-refractivity contribution in [3.63, 3.8) is 0 Å². The fourth-order valence-electron chi connectivity index (χ4n) is 3.22. The molecule has 0 radical (unpaired) electrons. The van der Waals surface area contributed by atoms with E-state index in [-0.39, 0.29) is 0 Å². The molecule has 1 aromatic rings. The Morgan fingerprint density at radius 3 is 2.33 bits per heavy atom. The summed E-state index contributed by atoms with van der Waals surface area (Å²) in [4.78, 5) is 4.92. The molecular weight excluding hydrogens is 262 g/mol. The molecule has 2 fully saturated rings. The van der Waals surface area contributed by atoms with Crippen LogP contribution in [-0.2, 0) is 4.74 Å². The summed E-state index contributed by atoms with van der Waals surface area (Å²) in [6.45, 7) is 9.57. The minimum atomic E-state index is 0.627. The predicted molar refractivity (Wildman–Crippen MR) is 88.2 cm³/mol. The van der Waals surface area contributed by atoms with Gasteiger partial charge in [-0.05, 0) is 43.7 Å². The summed E-state index contributed by atoms with van der Waals surface area (Å²) in [7, 11) is 0. The van der Waals surface area contributed by atoms with Crippen molar-refractivity contribution in [2.75, 3.05) is 56.2 Å². The van der Waals surface area contributed by atoms with Crippen molar-refractivity contribution in [3.8, 4) is 0 Å². The lowest BCUT2D eigenvalue weighted by Gasteiger charge is -2.32. The van der Waals surface area contributed by atoms with E-state index in [2.05, 4.69) is 46.3 Å². The number of hydrogen-bond acceptors (Lipinski definition) is 4. The second-order valence-corrected chi connectivity index (χ2v) is 6.00. The molecule has 0 aliphatic carbocycles. The average molecular weight is 289 g/mol. The van der Waals surface area contributed by atoms with E-state index < -0.39 is 0 Å². The third kappa shape index (κ3) is 3.89. The van der Waals surface area contributed by atoms with Crippen molar-refractivity contribution >= 4 is 11.4 Å². The molecule has 3 rings (SSSR count). The van der Waals surface area contributed by atoms with Crippen molar-refractivity contribution in [2.24, 2.45) is 0 Å². The molecule has 116 valence electrons. The largest absolute Gasteiger partial charge is 0.382 e. The first-order valence-electron chi connectivity index (χ1n) is 8.27. The fourth-order valence-corrected chi connectivity index (χ4v) is 3.22. The Balaban J connectivity index is 1.52. The van der Waals surface area contributed by atoms with Crippen molar-refractivity contribution in [1.29, 1.82) is 0 Å². The molecule has 0 aromatic heterocycles. The highest BCUT2D eigenvalue weighted by Gasteiger charge is 2.17. The molecule has 2 aliphatic rings. The van der Waals surface area contributed by atoms with Crippen LogP contribution in [0.3, 0.4) is 0 Å². The molecular formula is C17H27N3O. The topological polar surface area (TPSA) is 27.7 Å². The number of benzene rings is 1. The van der Waals surface area contributed by atoms with Gasteiger partial charge >= 0.3 is 0 Å². The van der Waals surface area contributed by atoms with Crippen LogP contribution in [0, 0.1) is 0 Å². The van der Waals surface area contributed by atoms with Crippen LogP contribution in [0.4, 0.5) is 11.4 Å². The maximum atomic E-state index is 5.41. The molecule has 2 aliphatic heterocycles. The number of likely N-dealkylation sites (tertiary alicyclic amines) is 1. The van der Waals surface area contributed by atoms with Gasteiger partial charge in [0.2, 0.25) is 0 Å². The van der Waals surface area contributed by atoms with Crippen LogP contribution in [0.25, 0.3) is 0 Å². The minimum absolute atomic E-state index is 0.627. The van der Waals surface area contributed by atoms with Gasteiger partial charge < -0.3 is 19.9 Å². The summed E-state index contributed by atoms with van der Waals surface area (Å²) in [6.07, 6.45) is 2.50. The van der Waals surface area contributed by atoms with E-state index in [0.29, 0.717) is 6.04 Å². The monoisotopic (exact) mass is 289 g/mol. The van der Waals surface area contributed by atoms with Gasteiger partial charge in [0.15, 0.2) is 0 Å². The Morgan fingerprint density at radius 2 is 1.71 bits per heavy atom. The fraction of sp³-hybridized carbons (Fsp3) is 0.647. The van der Waals surface area contributed by atoms with Gasteiger partial charge in [0.25, 0.3) is 0 Å². The van der Waals surface area contributed by atoms with E-state index in [1.54, 1.807) is 0 Å². The van der Waals surface area contributed by atoms with Gasteiger partial charge in [-0.1, -0.05) is 6.92 Å². The van der Waals surface area contributed by atoms with E-state index in [1.807, 2.05) is 0 Å². The zero-order valence-electron chi connectivity index (χ0n) is 13.1. The van der Waals surface area contributed by atoms with Gasteiger partial charge in [-0.2, -0.15) is 0 Å². The molecule has 1 aromatic carbocycles. The van der Waals surface area contributed by atoms with Gasteiger partial charge in [0, 0.05) is 43.6 Å². The smallest absolute Gasteiger partial charge is 0.0642 e. The number of morpholine rings is 1. The van der Waals surface area contributed by atoms with Crippen LogP contribution in [0.1, 0.15) is 19.8 Å². The second-order valence-electron chi connectivity index (χ2n) is 6.00. The third-order valence-electron chi connectivity index (χ3n) is 4.65. The lowest BCUT2D eigenvalue weighted by molar-refractivity contribution is 0.122. The first kappa shape index (κ1) is 14.7. The van der Waals surface area contributed by atoms with Gasteiger partial charge in [-0.25, -0.2) is 0 Å². The molecule has 2 saturated heterocycles. The molecule has 21 heavy (non-hydrogen) atoms. The van der Waals surface area contributed by atoms with Gasteiger partial charge in [-0.15, -0.1) is 0 Å². The zero-order chi connectivity index (χ0) is 14.5. The third-order valence-corrected chi connectivity index (χ3v) is 4.65. The van der Waals surface area contributed by atoms with Gasteiger partial charge in [-0.3, -0.25) is 0 Å². The lowest BCUT2D eigenvalue weighted by Crippen LogP contribution is -2.38. The summed E-state index contributed by atoms with van der Waals surface area (Å²) in [6, 6.07) is 9.53. The zero-order valence-corrected chi connectivity index (χ0v) is 13.1. The highest BCUT2D eigenvalue weighted by molar-refractivity contribution is 5.55. The number of nitrogens with one attached hydrogen (secondary N) is 1. The van der Waals surface area contributed by atoms with E-state index >= 15 is 0 Å². The van der Waals surface area contributed by atoms with Crippen molar-refractivity contribution in [3.05, 3.63) is 24.3 Å². The number of ether oxygens (including phenoxy) is 1. The first-order chi connectivity index (χ1) is 10.3. The average Bonchev–Trinajstić information content (AvgIpc) is 2.57. The number of anilines is 2. The van der Waals surface area contributed by atoms with E-state index in [9.17, 15) is 0 Å². The molecule has 0 saturated carbocycles. The Hall–Kier alpha value is -1.26. The maximum absolute atomic E-state index is 5.41. The molecule has 0 atom stereocenters. The van der Waals surface area contributed by atoms with Crippen molar-refractivity contribution in [1.82, 2.24) is 4.90 Å². The Labute approximate surface area is 128 Å². The molecule has 4 heteroatoms. The first-order valence-corrected chi connectivity index (χ1v) is 8.27. The van der Waals surface area contributed by atoms with E-state index in [4.69, 9.17) is 4.74 Å². The quantitative estimate of drug-likeness (QED) is 0.921. The summed E-state index contributed by atoms with van der Waals surface area (Å²) >= 11 is 0. The molecule has 0 spiro atoms. The SMILES string of the molecule is CCN1CCC(Nc2ccc(N3CCOCC3)cc2)CC1. The molecule has 1 N–H and O–H groups in total. The van der Waals surface area contributed by atoms with Crippen LogP contribution in [-0.4, -0.2) is 56.9 Å². The second kappa shape index (κ2) is 7.14. The molecule has 0 amide bonds. The van der Waals surface area contributed by atoms with Crippen LogP contribution in [0.15, 0.2) is 24.3 Å². The predicted octanol–water partition coefficient (Wildman–Crippen LogP) is 2.42. The van der Waals surface area contributed by atoms with Crippen LogP contribution in [0.5, 0.6) is 0 Å². The summed E-state index contributed by atoms with van der Waals surface area (Å²) in [5.41, 5.74) is 2.56. The van der Waals surface area contributed by atoms with Crippen LogP contribution < -0.4 is 10.2 Å². The number of rotatable bonds is 4. The van der Waals surface area contributed by atoms with E-state index in [0.717, 1.165) is 26.3 Å². The van der Waals surface area contributed by atoms with Crippen LogP contribution in [0.2, 0.25) is 0 Å². The molecule has 0 bridgehead atoms. The summed E-state index contributed by atoms with van der Waals surface area (Å²) in [5.74, 6) is 0. The Bertz CT molecular complexity index is 420. The molecule has 4 nitrogen and oxygen atoms in total. The van der Waals surface area contributed by atoms with Crippen molar-refractivity contribution in [2.45, 2.75) is 25.8 Å². The summed E-state index contributed by atoms with van der Waals surface area (Å²) < 4.78 is 5.41. The summed E-state index contributed by atoms with van der Waals surface area (Å²) in [5, 5.41) is 3.69.